The van der Waals surface area contributed by atoms with E-state index in [9.17, 15) is 9.59 Å². The number of carbonyl (C=O) groups excluding carboxylic acids is 2. The van der Waals surface area contributed by atoms with E-state index in [-0.39, 0.29) is 24.2 Å². The fourth-order valence-electron chi connectivity index (χ4n) is 3.32. The molecule has 0 saturated carbocycles. The van der Waals surface area contributed by atoms with Gasteiger partial charge in [-0.15, -0.1) is 0 Å². The summed E-state index contributed by atoms with van der Waals surface area (Å²) < 4.78 is 20.7. The van der Waals surface area contributed by atoms with Gasteiger partial charge in [-0.2, -0.15) is 0 Å². The zero-order valence-electron chi connectivity index (χ0n) is 16.3. The van der Waals surface area contributed by atoms with E-state index in [2.05, 4.69) is 5.16 Å². The smallest absolute Gasteiger partial charge is 0.308 e. The van der Waals surface area contributed by atoms with Gasteiger partial charge < -0.3 is 23.6 Å². The Morgan fingerprint density at radius 3 is 2.46 bits per heavy atom. The fourth-order valence-corrected chi connectivity index (χ4v) is 3.32. The molecule has 0 spiro atoms. The average molecular weight is 388 g/mol. The number of aromatic nitrogens is 1. The summed E-state index contributed by atoms with van der Waals surface area (Å²) in [7, 11) is 4.53. The van der Waals surface area contributed by atoms with Crippen LogP contribution in [0.25, 0.3) is 11.3 Å². The van der Waals surface area contributed by atoms with E-state index in [0.29, 0.717) is 48.9 Å². The Morgan fingerprint density at radius 1 is 1.11 bits per heavy atom. The summed E-state index contributed by atoms with van der Waals surface area (Å²) in [6.07, 6.45) is 1.39. The fraction of sp³-hybridized carbons (Fsp3) is 0.450. The SMILES string of the molecule is COC(=O)C1CCN(C(=O)Cc2cc(-c3ccc(OC)c(OC)c3)on2)CC1. The van der Waals surface area contributed by atoms with Gasteiger partial charge in [0, 0.05) is 24.7 Å². The lowest BCUT2D eigenvalue weighted by Crippen LogP contribution is -2.41. The van der Waals surface area contributed by atoms with Crippen molar-refractivity contribution in [3.05, 3.63) is 30.0 Å². The molecule has 2 heterocycles. The van der Waals surface area contributed by atoms with Gasteiger partial charge in [0.2, 0.25) is 5.91 Å². The minimum atomic E-state index is -0.205. The molecule has 1 saturated heterocycles. The van der Waals surface area contributed by atoms with Gasteiger partial charge in [0.15, 0.2) is 17.3 Å². The highest BCUT2D eigenvalue weighted by Gasteiger charge is 2.28. The molecule has 1 aliphatic rings. The zero-order valence-corrected chi connectivity index (χ0v) is 16.3. The van der Waals surface area contributed by atoms with Crippen molar-refractivity contribution in [2.24, 2.45) is 5.92 Å². The standard InChI is InChI=1S/C20H24N2O6/c1-25-16-5-4-14(10-18(16)26-2)17-11-15(21-28-17)12-19(23)22-8-6-13(7-9-22)20(24)27-3/h4-5,10-11,13H,6-9,12H2,1-3H3. The number of esters is 1. The molecule has 3 rings (SSSR count). The molecule has 0 unspecified atom stereocenters. The van der Waals surface area contributed by atoms with Crippen LogP contribution in [0, 0.1) is 5.92 Å². The van der Waals surface area contributed by atoms with Crippen LogP contribution in [-0.2, 0) is 20.7 Å². The molecule has 0 aliphatic carbocycles. The van der Waals surface area contributed by atoms with E-state index in [1.807, 2.05) is 6.07 Å². The number of amides is 1. The molecule has 1 fully saturated rings. The maximum absolute atomic E-state index is 12.5. The normalized spacial score (nSPS) is 14.6. The Kier molecular flexibility index (Phi) is 6.18. The number of likely N-dealkylation sites (tertiary alicyclic amines) is 1. The summed E-state index contributed by atoms with van der Waals surface area (Å²) in [6.45, 7) is 1.08. The highest BCUT2D eigenvalue weighted by atomic mass is 16.5. The topological polar surface area (TPSA) is 91.1 Å². The summed E-state index contributed by atoms with van der Waals surface area (Å²) in [4.78, 5) is 25.9. The molecule has 0 N–H and O–H groups in total. The maximum atomic E-state index is 12.5. The Bertz CT molecular complexity index is 839. The Morgan fingerprint density at radius 2 is 1.82 bits per heavy atom. The van der Waals surface area contributed by atoms with Crippen molar-refractivity contribution in [3.63, 3.8) is 0 Å². The van der Waals surface area contributed by atoms with Crippen LogP contribution in [0.2, 0.25) is 0 Å². The number of hydrogen-bond donors (Lipinski definition) is 0. The molecule has 1 aromatic carbocycles. The van der Waals surface area contributed by atoms with E-state index in [4.69, 9.17) is 18.7 Å². The number of benzene rings is 1. The molecule has 28 heavy (non-hydrogen) atoms. The van der Waals surface area contributed by atoms with Crippen LogP contribution >= 0.6 is 0 Å². The lowest BCUT2D eigenvalue weighted by Gasteiger charge is -2.30. The van der Waals surface area contributed by atoms with Gasteiger partial charge in [-0.25, -0.2) is 0 Å². The number of carbonyl (C=O) groups is 2. The molecule has 0 atom stereocenters. The highest BCUT2D eigenvalue weighted by Crippen LogP contribution is 2.32. The van der Waals surface area contributed by atoms with Crippen LogP contribution in [0.3, 0.4) is 0 Å². The van der Waals surface area contributed by atoms with Crippen molar-refractivity contribution in [3.8, 4) is 22.8 Å². The van der Waals surface area contributed by atoms with Gasteiger partial charge in [0.25, 0.3) is 0 Å². The second kappa shape index (κ2) is 8.77. The zero-order chi connectivity index (χ0) is 20.1. The lowest BCUT2D eigenvalue weighted by atomic mass is 9.97. The Balaban J connectivity index is 1.62. The number of nitrogens with zero attached hydrogens (tertiary/aromatic N) is 2. The third-order valence-electron chi connectivity index (χ3n) is 4.94. The van der Waals surface area contributed by atoms with Gasteiger partial charge in [-0.05, 0) is 31.0 Å². The van der Waals surface area contributed by atoms with E-state index >= 15 is 0 Å². The molecule has 150 valence electrons. The number of ether oxygens (including phenoxy) is 3. The van der Waals surface area contributed by atoms with Crippen LogP contribution in [0.5, 0.6) is 11.5 Å². The van der Waals surface area contributed by atoms with Crippen molar-refractivity contribution < 1.29 is 28.3 Å². The molecule has 1 aromatic heterocycles. The van der Waals surface area contributed by atoms with Gasteiger partial charge in [0.05, 0.1) is 39.4 Å². The van der Waals surface area contributed by atoms with Crippen LogP contribution in [0.4, 0.5) is 0 Å². The van der Waals surface area contributed by atoms with Gasteiger partial charge in [-0.1, -0.05) is 5.16 Å². The molecule has 0 bridgehead atoms. The average Bonchev–Trinajstić information content (AvgIpc) is 3.21. The first-order valence-electron chi connectivity index (χ1n) is 9.09. The Labute approximate surface area is 163 Å². The summed E-state index contributed by atoms with van der Waals surface area (Å²) in [5, 5.41) is 4.01. The predicted octanol–water partition coefficient (Wildman–Crippen LogP) is 2.31. The minimum Gasteiger partial charge on any atom is -0.493 e. The predicted molar refractivity (Wildman–Crippen MR) is 100 cm³/mol. The first-order chi connectivity index (χ1) is 13.5. The second-order valence-corrected chi connectivity index (χ2v) is 6.61. The maximum Gasteiger partial charge on any atom is 0.308 e. The van der Waals surface area contributed by atoms with Crippen molar-refractivity contribution >= 4 is 11.9 Å². The van der Waals surface area contributed by atoms with E-state index in [0.717, 1.165) is 5.56 Å². The highest BCUT2D eigenvalue weighted by molar-refractivity contribution is 5.79. The molecule has 8 heteroatoms. The third kappa shape index (κ3) is 4.27. The van der Waals surface area contributed by atoms with Crippen LogP contribution < -0.4 is 9.47 Å². The van der Waals surface area contributed by atoms with Crippen molar-refractivity contribution in [2.45, 2.75) is 19.3 Å². The number of rotatable bonds is 6. The molecular weight excluding hydrogens is 364 g/mol. The summed E-state index contributed by atoms with van der Waals surface area (Å²) in [5.74, 6) is 1.39. The Hall–Kier alpha value is -3.03. The van der Waals surface area contributed by atoms with Crippen molar-refractivity contribution in [2.75, 3.05) is 34.4 Å². The molecule has 1 aliphatic heterocycles. The summed E-state index contributed by atoms with van der Waals surface area (Å²) in [5.41, 5.74) is 1.34. The van der Waals surface area contributed by atoms with Crippen LogP contribution in [0.15, 0.2) is 28.8 Å². The minimum absolute atomic E-state index is 0.0320. The number of methoxy groups -OCH3 is 3. The van der Waals surface area contributed by atoms with E-state index in [1.54, 1.807) is 37.3 Å². The first kappa shape index (κ1) is 19.7. The quantitative estimate of drug-likeness (QED) is 0.701. The third-order valence-corrected chi connectivity index (χ3v) is 4.94. The molecule has 1 amide bonds. The van der Waals surface area contributed by atoms with Gasteiger partial charge in [0.1, 0.15) is 0 Å². The van der Waals surface area contributed by atoms with E-state index in [1.165, 1.54) is 7.11 Å². The summed E-state index contributed by atoms with van der Waals surface area (Å²) in [6, 6.07) is 7.17. The van der Waals surface area contributed by atoms with Gasteiger partial charge in [-0.3, -0.25) is 9.59 Å². The van der Waals surface area contributed by atoms with Gasteiger partial charge >= 0.3 is 5.97 Å². The van der Waals surface area contributed by atoms with Crippen LogP contribution in [0.1, 0.15) is 18.5 Å². The number of piperidine rings is 1. The van der Waals surface area contributed by atoms with Crippen LogP contribution in [-0.4, -0.2) is 56.4 Å². The largest absolute Gasteiger partial charge is 0.493 e. The monoisotopic (exact) mass is 388 g/mol. The first-order valence-corrected chi connectivity index (χ1v) is 9.09. The summed E-state index contributed by atoms with van der Waals surface area (Å²) >= 11 is 0. The second-order valence-electron chi connectivity index (χ2n) is 6.61. The van der Waals surface area contributed by atoms with Crippen molar-refractivity contribution in [1.82, 2.24) is 10.1 Å². The number of hydrogen-bond acceptors (Lipinski definition) is 7. The van der Waals surface area contributed by atoms with Crippen molar-refractivity contribution in [1.29, 1.82) is 0 Å². The molecule has 0 radical (unpaired) electrons. The molecular formula is C20H24N2O6. The molecule has 2 aromatic rings. The van der Waals surface area contributed by atoms with E-state index < -0.39 is 0 Å². The molecule has 8 nitrogen and oxygen atoms in total. The lowest BCUT2D eigenvalue weighted by molar-refractivity contribution is -0.148.